The molecular formula is C44H61F3IN7O7. The van der Waals surface area contributed by atoms with E-state index in [4.69, 9.17) is 18.9 Å². The summed E-state index contributed by atoms with van der Waals surface area (Å²) in [5.74, 6) is 2.84. The molecule has 14 nitrogen and oxygen atoms in total. The number of amides is 1. The van der Waals surface area contributed by atoms with Gasteiger partial charge in [0.15, 0.2) is 5.69 Å². The van der Waals surface area contributed by atoms with Gasteiger partial charge in [-0.3, -0.25) is 9.88 Å². The molecule has 1 aromatic heterocycles. The number of aliphatic hydroxyl groups is 2. The van der Waals surface area contributed by atoms with Crippen molar-refractivity contribution in [2.24, 2.45) is 5.92 Å². The summed E-state index contributed by atoms with van der Waals surface area (Å²) < 4.78 is 63.4. The number of ether oxygens (including phenoxy) is 4. The molecule has 1 amide bonds. The number of carbonyl (C=O) groups is 1. The molecule has 342 valence electrons. The van der Waals surface area contributed by atoms with Crippen molar-refractivity contribution in [3.05, 3.63) is 69.7 Å². The zero-order chi connectivity index (χ0) is 44.3. The molecule has 3 saturated heterocycles. The first-order valence-corrected chi connectivity index (χ1v) is 22.6. The fraction of sp³-hybridized carbons (Fsp3) is 0.614. The Morgan fingerprint density at radius 3 is 2.27 bits per heavy atom. The van der Waals surface area contributed by atoms with E-state index in [-0.39, 0.29) is 12.4 Å². The van der Waals surface area contributed by atoms with Gasteiger partial charge in [-0.1, -0.05) is 6.07 Å². The lowest BCUT2D eigenvalue weighted by Crippen LogP contribution is -2.59. The van der Waals surface area contributed by atoms with E-state index in [1.54, 1.807) is 0 Å². The van der Waals surface area contributed by atoms with Crippen LogP contribution in [-0.4, -0.2) is 150 Å². The number of piperidine rings is 1. The van der Waals surface area contributed by atoms with Gasteiger partial charge in [0.25, 0.3) is 0 Å². The minimum atomic E-state index is -4.64. The van der Waals surface area contributed by atoms with E-state index < -0.39 is 47.9 Å². The molecule has 3 aliphatic heterocycles. The maximum Gasteiger partial charge on any atom is 0.434 e. The quantitative estimate of drug-likeness (QED) is 0.0919. The summed E-state index contributed by atoms with van der Waals surface area (Å²) in [5, 5.41) is 27.1. The van der Waals surface area contributed by atoms with Crippen molar-refractivity contribution in [3.8, 4) is 17.2 Å². The molecular weight excluding hydrogens is 922 g/mol. The molecule has 0 spiro atoms. The van der Waals surface area contributed by atoms with Crippen molar-refractivity contribution in [1.82, 2.24) is 30.0 Å². The Kier molecular flexibility index (Phi) is 17.3. The standard InChI is InChI=1S/C44H61F3IN7O7/c1-43(2,3)62-42(58)50-15-12-30-6-11-36(34(48)24-30)61-33-9-7-32(8-10-33)59-23-5-4-16-53-17-13-31(14-18-53)27-54-19-21-55(22-20-54)28-37-41(57)40(56)35(29-60-37)51-39-26-49-25-38(52-39)44(45,46)47/h6-11,24-26,31,35,37,40-41,56-57H,4-5,12-23,27-29H2,1-3H3,(H,50,58)(H,51,52)/t35-,37+,40+,41-/m0/s1. The van der Waals surface area contributed by atoms with Crippen molar-refractivity contribution in [2.45, 2.75) is 89.0 Å². The van der Waals surface area contributed by atoms with Gasteiger partial charge in [-0.2, -0.15) is 13.2 Å². The van der Waals surface area contributed by atoms with Gasteiger partial charge in [0.05, 0.1) is 41.3 Å². The predicted molar refractivity (Wildman–Crippen MR) is 237 cm³/mol. The zero-order valence-corrected chi connectivity index (χ0v) is 37.9. The average Bonchev–Trinajstić information content (AvgIpc) is 3.22. The number of likely N-dealkylation sites (tertiary alicyclic amines) is 1. The maximum atomic E-state index is 13.0. The van der Waals surface area contributed by atoms with Crippen molar-refractivity contribution in [2.75, 3.05) is 84.0 Å². The summed E-state index contributed by atoms with van der Waals surface area (Å²) in [6.45, 7) is 15.0. The summed E-state index contributed by atoms with van der Waals surface area (Å²) in [4.78, 5) is 26.3. The molecule has 0 radical (unpaired) electrons. The van der Waals surface area contributed by atoms with E-state index >= 15 is 0 Å². The van der Waals surface area contributed by atoms with Gasteiger partial charge in [0, 0.05) is 45.8 Å². The average molecular weight is 984 g/mol. The van der Waals surface area contributed by atoms with Gasteiger partial charge in [-0.05, 0) is 143 Å². The second-order valence-electron chi connectivity index (χ2n) is 17.3. The molecule has 2 aromatic carbocycles. The minimum Gasteiger partial charge on any atom is -0.494 e. The number of hydrogen-bond acceptors (Lipinski definition) is 13. The van der Waals surface area contributed by atoms with Gasteiger partial charge >= 0.3 is 12.3 Å². The lowest BCUT2D eigenvalue weighted by Gasteiger charge is -2.42. The lowest BCUT2D eigenvalue weighted by atomic mass is 9.95. The van der Waals surface area contributed by atoms with E-state index in [1.165, 1.54) is 12.8 Å². The number of unbranched alkanes of at least 4 members (excludes halogenated alkanes) is 1. The van der Waals surface area contributed by atoms with Gasteiger partial charge in [0.2, 0.25) is 0 Å². The Balaban J connectivity index is 0.796. The molecule has 18 heteroatoms. The summed E-state index contributed by atoms with van der Waals surface area (Å²) >= 11 is 2.27. The molecule has 4 N–H and O–H groups in total. The third-order valence-electron chi connectivity index (χ3n) is 11.3. The van der Waals surface area contributed by atoms with Crippen LogP contribution in [-0.2, 0) is 22.1 Å². The van der Waals surface area contributed by atoms with Crippen LogP contribution in [0.15, 0.2) is 54.9 Å². The van der Waals surface area contributed by atoms with E-state index in [9.17, 15) is 28.2 Å². The highest BCUT2D eigenvalue weighted by atomic mass is 127. The van der Waals surface area contributed by atoms with Crippen LogP contribution in [0.1, 0.15) is 57.7 Å². The highest BCUT2D eigenvalue weighted by Gasteiger charge is 2.40. The summed E-state index contributed by atoms with van der Waals surface area (Å²) in [6.07, 6.45) is -1.22. The van der Waals surface area contributed by atoms with E-state index in [0.29, 0.717) is 38.2 Å². The first-order valence-electron chi connectivity index (χ1n) is 21.5. The largest absolute Gasteiger partial charge is 0.494 e. The molecule has 0 saturated carbocycles. The molecule has 4 atom stereocenters. The first kappa shape index (κ1) is 47.9. The van der Waals surface area contributed by atoms with Crippen LogP contribution in [0.2, 0.25) is 0 Å². The van der Waals surface area contributed by atoms with Gasteiger partial charge < -0.3 is 49.6 Å². The third-order valence-corrected chi connectivity index (χ3v) is 12.1. The number of nitrogens with one attached hydrogen (secondary N) is 2. The van der Waals surface area contributed by atoms with Crippen LogP contribution in [0.5, 0.6) is 17.2 Å². The normalized spacial score (nSPS) is 22.3. The molecule has 6 rings (SSSR count). The third kappa shape index (κ3) is 15.0. The smallest absolute Gasteiger partial charge is 0.434 e. The maximum absolute atomic E-state index is 13.0. The SMILES string of the molecule is CC(C)(C)OC(=O)NCCc1ccc(Oc2ccc(OCCCCN3CCC(CN4CCN(C[C@H]5OC[C@H](Nc6cncc(C(F)(F)F)n6)[C@@H](O)[C@H]5O)CC4)CC3)cc2)c(I)c1. The van der Waals surface area contributed by atoms with Crippen LogP contribution >= 0.6 is 22.6 Å². The Morgan fingerprint density at radius 2 is 1.60 bits per heavy atom. The monoisotopic (exact) mass is 983 g/mol. The van der Waals surface area contributed by atoms with Crippen LogP contribution in [0.3, 0.4) is 0 Å². The number of hydrogen-bond donors (Lipinski definition) is 4. The second kappa shape index (κ2) is 22.4. The van der Waals surface area contributed by atoms with Crippen LogP contribution in [0.25, 0.3) is 0 Å². The topological polar surface area (TPSA) is 154 Å². The molecule has 3 aliphatic rings. The number of piperazine rings is 1. The van der Waals surface area contributed by atoms with Crippen molar-refractivity contribution < 1.29 is 47.1 Å². The highest BCUT2D eigenvalue weighted by molar-refractivity contribution is 14.1. The number of aliphatic hydroxyl groups excluding tert-OH is 2. The fourth-order valence-electron chi connectivity index (χ4n) is 7.86. The van der Waals surface area contributed by atoms with E-state index in [0.717, 1.165) is 97.8 Å². The zero-order valence-electron chi connectivity index (χ0n) is 35.8. The van der Waals surface area contributed by atoms with Gasteiger partial charge in [-0.15, -0.1) is 0 Å². The van der Waals surface area contributed by atoms with Gasteiger partial charge in [-0.25, -0.2) is 9.78 Å². The molecule has 3 aromatic rings. The van der Waals surface area contributed by atoms with E-state index in [1.807, 2.05) is 57.2 Å². The van der Waals surface area contributed by atoms with Crippen molar-refractivity contribution in [3.63, 3.8) is 0 Å². The molecule has 0 unspecified atom stereocenters. The van der Waals surface area contributed by atoms with Crippen LogP contribution in [0, 0.1) is 9.49 Å². The molecule has 4 heterocycles. The van der Waals surface area contributed by atoms with Gasteiger partial charge in [0.1, 0.15) is 40.9 Å². The highest BCUT2D eigenvalue weighted by Crippen LogP contribution is 2.30. The first-order chi connectivity index (χ1) is 29.6. The second-order valence-corrected chi connectivity index (χ2v) is 18.5. The van der Waals surface area contributed by atoms with Crippen LogP contribution < -0.4 is 20.1 Å². The number of benzene rings is 2. The Morgan fingerprint density at radius 1 is 0.903 bits per heavy atom. The van der Waals surface area contributed by atoms with Crippen molar-refractivity contribution >= 4 is 34.5 Å². The molecule has 0 aliphatic carbocycles. The fourth-order valence-corrected chi connectivity index (χ4v) is 8.55. The lowest BCUT2D eigenvalue weighted by molar-refractivity contribution is -0.148. The number of aromatic nitrogens is 2. The number of alkyl carbamates (subject to hydrolysis) is 1. The molecule has 62 heavy (non-hydrogen) atoms. The summed E-state index contributed by atoms with van der Waals surface area (Å²) in [6, 6.07) is 12.9. The number of rotatable bonds is 17. The molecule has 3 fully saturated rings. The predicted octanol–water partition coefficient (Wildman–Crippen LogP) is 6.05. The number of nitrogens with zero attached hydrogens (tertiary/aromatic N) is 5. The Bertz CT molecular complexity index is 1860. The summed E-state index contributed by atoms with van der Waals surface area (Å²) in [5.41, 5.74) is -0.568. The van der Waals surface area contributed by atoms with Crippen LogP contribution in [0.4, 0.5) is 23.8 Å². The van der Waals surface area contributed by atoms with Crippen molar-refractivity contribution in [1.29, 1.82) is 0 Å². The molecule has 0 bridgehead atoms. The Hall–Kier alpha value is -3.53. The Labute approximate surface area is 376 Å². The van der Waals surface area contributed by atoms with E-state index in [2.05, 4.69) is 64.0 Å². The number of carbonyl (C=O) groups excluding carboxylic acids is 1. The minimum absolute atomic E-state index is 0.0120. The number of anilines is 1. The number of alkyl halides is 3. The summed E-state index contributed by atoms with van der Waals surface area (Å²) in [7, 11) is 0. The number of halogens is 4.